The maximum atomic E-state index is 13.5. The second kappa shape index (κ2) is 6.33. The van der Waals surface area contributed by atoms with E-state index in [0.717, 1.165) is 12.1 Å². The minimum Gasteiger partial charge on any atom is -0.296 e. The molecule has 2 nitrogen and oxygen atoms in total. The van der Waals surface area contributed by atoms with Crippen LogP contribution in [0.2, 0.25) is 0 Å². The van der Waals surface area contributed by atoms with Gasteiger partial charge in [-0.1, -0.05) is 13.3 Å². The van der Waals surface area contributed by atoms with Gasteiger partial charge in [0.15, 0.2) is 17.4 Å². The maximum absolute atomic E-state index is 13.5. The highest BCUT2D eigenvalue weighted by atomic mass is 19.2. The topological polar surface area (TPSA) is 34.1 Å². The zero-order chi connectivity index (χ0) is 13.7. The standard InChI is InChI=1S/C13H13F3O2/c1-2-3-4-11(17)12(16)13(18)8-5-6-9(14)10(15)7-8/h5-7,12H,2-4H2,1H3. The second-order valence-corrected chi connectivity index (χ2v) is 3.93. The van der Waals surface area contributed by atoms with E-state index >= 15 is 0 Å². The summed E-state index contributed by atoms with van der Waals surface area (Å²) in [6.07, 6.45) is -1.14. The average molecular weight is 258 g/mol. The third kappa shape index (κ3) is 3.42. The van der Waals surface area contributed by atoms with Crippen LogP contribution in [0.4, 0.5) is 13.2 Å². The van der Waals surface area contributed by atoms with Crippen molar-refractivity contribution in [2.75, 3.05) is 0 Å². The van der Waals surface area contributed by atoms with E-state index in [0.29, 0.717) is 18.9 Å². The lowest BCUT2D eigenvalue weighted by molar-refractivity contribution is -0.122. The van der Waals surface area contributed by atoms with Crippen LogP contribution >= 0.6 is 0 Å². The summed E-state index contributed by atoms with van der Waals surface area (Å²) in [5, 5.41) is 0. The summed E-state index contributed by atoms with van der Waals surface area (Å²) in [5.74, 6) is -4.32. The molecule has 1 unspecified atom stereocenters. The Labute approximate surface area is 103 Å². The van der Waals surface area contributed by atoms with E-state index in [1.165, 1.54) is 0 Å². The summed E-state index contributed by atoms with van der Waals surface area (Å²) in [6.45, 7) is 1.83. The molecule has 0 heterocycles. The first-order chi connectivity index (χ1) is 8.47. The lowest BCUT2D eigenvalue weighted by Gasteiger charge is -2.06. The Kier molecular flexibility index (Phi) is 5.07. The number of rotatable bonds is 6. The number of hydrogen-bond acceptors (Lipinski definition) is 2. The molecule has 1 rings (SSSR count). The van der Waals surface area contributed by atoms with Gasteiger partial charge in [-0.3, -0.25) is 9.59 Å². The fourth-order valence-corrected chi connectivity index (χ4v) is 1.42. The van der Waals surface area contributed by atoms with E-state index in [9.17, 15) is 22.8 Å². The highest BCUT2D eigenvalue weighted by Crippen LogP contribution is 2.14. The summed E-state index contributed by atoms with van der Waals surface area (Å²) in [6, 6.07) is 2.28. The number of carbonyl (C=O) groups excluding carboxylic acids is 2. The van der Waals surface area contributed by atoms with E-state index in [2.05, 4.69) is 0 Å². The third-order valence-electron chi connectivity index (χ3n) is 2.49. The van der Waals surface area contributed by atoms with Gasteiger partial charge in [0.2, 0.25) is 12.0 Å². The molecule has 0 fully saturated rings. The molecule has 98 valence electrons. The van der Waals surface area contributed by atoms with Crippen molar-refractivity contribution in [1.29, 1.82) is 0 Å². The van der Waals surface area contributed by atoms with Crippen LogP contribution in [0.15, 0.2) is 18.2 Å². The average Bonchev–Trinajstić information content (AvgIpc) is 2.37. The predicted octanol–water partition coefficient (Wildman–Crippen LogP) is 3.24. The molecule has 0 aliphatic rings. The molecule has 1 aromatic carbocycles. The van der Waals surface area contributed by atoms with Crippen LogP contribution in [0.1, 0.15) is 36.5 Å². The molecule has 1 aromatic rings. The Morgan fingerprint density at radius 2 is 1.89 bits per heavy atom. The van der Waals surface area contributed by atoms with Crippen LogP contribution in [0.3, 0.4) is 0 Å². The van der Waals surface area contributed by atoms with Crippen molar-refractivity contribution in [2.24, 2.45) is 0 Å². The first-order valence-electron chi connectivity index (χ1n) is 5.63. The summed E-state index contributed by atoms with van der Waals surface area (Å²) >= 11 is 0. The molecule has 0 radical (unpaired) electrons. The SMILES string of the molecule is CCCCC(=O)C(F)C(=O)c1ccc(F)c(F)c1. The van der Waals surface area contributed by atoms with Gasteiger partial charge in [0.1, 0.15) is 0 Å². The van der Waals surface area contributed by atoms with Gasteiger partial charge in [0.05, 0.1) is 0 Å². The highest BCUT2D eigenvalue weighted by molar-refractivity contribution is 6.13. The van der Waals surface area contributed by atoms with Gasteiger partial charge < -0.3 is 0 Å². The van der Waals surface area contributed by atoms with Crippen molar-refractivity contribution in [3.05, 3.63) is 35.4 Å². The van der Waals surface area contributed by atoms with Crippen molar-refractivity contribution >= 4 is 11.6 Å². The van der Waals surface area contributed by atoms with Gasteiger partial charge in [-0.05, 0) is 24.6 Å². The molecular formula is C13H13F3O2. The number of hydrogen-bond donors (Lipinski definition) is 0. The molecule has 0 saturated carbocycles. The van der Waals surface area contributed by atoms with Crippen LogP contribution in [0.5, 0.6) is 0 Å². The van der Waals surface area contributed by atoms with E-state index in [-0.39, 0.29) is 12.0 Å². The minimum atomic E-state index is -2.30. The number of ketones is 2. The van der Waals surface area contributed by atoms with Gasteiger partial charge >= 0.3 is 0 Å². The van der Waals surface area contributed by atoms with E-state index in [1.807, 2.05) is 6.92 Å². The molecular weight excluding hydrogens is 245 g/mol. The van der Waals surface area contributed by atoms with Crippen LogP contribution in [0, 0.1) is 11.6 Å². The molecule has 0 spiro atoms. The summed E-state index contributed by atoms with van der Waals surface area (Å²) in [4.78, 5) is 22.8. The van der Waals surface area contributed by atoms with Crippen molar-refractivity contribution < 1.29 is 22.8 Å². The Morgan fingerprint density at radius 3 is 2.44 bits per heavy atom. The fraction of sp³-hybridized carbons (Fsp3) is 0.385. The molecule has 0 aliphatic heterocycles. The molecule has 1 atom stereocenters. The van der Waals surface area contributed by atoms with Crippen LogP contribution in [-0.4, -0.2) is 17.7 Å². The quantitative estimate of drug-likeness (QED) is 0.579. The number of benzene rings is 1. The number of alkyl halides is 1. The molecule has 18 heavy (non-hydrogen) atoms. The number of carbonyl (C=O) groups is 2. The molecule has 5 heteroatoms. The first kappa shape index (κ1) is 14.4. The Balaban J connectivity index is 2.79. The van der Waals surface area contributed by atoms with Gasteiger partial charge in [-0.25, -0.2) is 13.2 Å². The third-order valence-corrected chi connectivity index (χ3v) is 2.49. The van der Waals surface area contributed by atoms with E-state index in [4.69, 9.17) is 0 Å². The minimum absolute atomic E-state index is 0.0346. The normalized spacial score (nSPS) is 12.2. The first-order valence-corrected chi connectivity index (χ1v) is 5.63. The second-order valence-electron chi connectivity index (χ2n) is 3.93. The Bertz CT molecular complexity index is 458. The smallest absolute Gasteiger partial charge is 0.220 e. The molecule has 0 N–H and O–H groups in total. The Morgan fingerprint density at radius 1 is 1.22 bits per heavy atom. The summed E-state index contributed by atoms with van der Waals surface area (Å²) in [5.41, 5.74) is -0.341. The predicted molar refractivity (Wildman–Crippen MR) is 60.1 cm³/mol. The van der Waals surface area contributed by atoms with Crippen molar-refractivity contribution in [3.63, 3.8) is 0 Å². The van der Waals surface area contributed by atoms with E-state index in [1.54, 1.807) is 0 Å². The fourth-order valence-electron chi connectivity index (χ4n) is 1.42. The number of halogens is 3. The van der Waals surface area contributed by atoms with Crippen molar-refractivity contribution in [3.8, 4) is 0 Å². The van der Waals surface area contributed by atoms with Crippen LogP contribution < -0.4 is 0 Å². The Hall–Kier alpha value is -1.65. The van der Waals surface area contributed by atoms with E-state index < -0.39 is 29.4 Å². The molecule has 0 aliphatic carbocycles. The molecule has 0 amide bonds. The molecule has 0 bridgehead atoms. The van der Waals surface area contributed by atoms with Gasteiger partial charge in [0.25, 0.3) is 0 Å². The monoisotopic (exact) mass is 258 g/mol. The zero-order valence-corrected chi connectivity index (χ0v) is 9.88. The summed E-state index contributed by atoms with van der Waals surface area (Å²) < 4.78 is 39.0. The van der Waals surface area contributed by atoms with Crippen LogP contribution in [-0.2, 0) is 4.79 Å². The van der Waals surface area contributed by atoms with Gasteiger partial charge in [0, 0.05) is 12.0 Å². The molecule has 0 aromatic heterocycles. The van der Waals surface area contributed by atoms with Crippen molar-refractivity contribution in [1.82, 2.24) is 0 Å². The van der Waals surface area contributed by atoms with Crippen molar-refractivity contribution in [2.45, 2.75) is 32.4 Å². The zero-order valence-electron chi connectivity index (χ0n) is 9.88. The van der Waals surface area contributed by atoms with Gasteiger partial charge in [-0.15, -0.1) is 0 Å². The maximum Gasteiger partial charge on any atom is 0.220 e. The largest absolute Gasteiger partial charge is 0.296 e. The number of Topliss-reactive ketones (excluding diaryl/α,β-unsaturated/α-hetero) is 2. The lowest BCUT2D eigenvalue weighted by Crippen LogP contribution is -2.25. The van der Waals surface area contributed by atoms with Gasteiger partial charge in [-0.2, -0.15) is 0 Å². The van der Waals surface area contributed by atoms with Crippen LogP contribution in [0.25, 0.3) is 0 Å². The highest BCUT2D eigenvalue weighted by Gasteiger charge is 2.26. The lowest BCUT2D eigenvalue weighted by atomic mass is 10.0. The molecule has 0 saturated heterocycles. The summed E-state index contributed by atoms with van der Waals surface area (Å²) in [7, 11) is 0. The number of unbranched alkanes of at least 4 members (excludes halogenated alkanes) is 1.